The number of carboxylic acid groups (broad SMARTS) is 2. The van der Waals surface area contributed by atoms with Gasteiger partial charge in [0.15, 0.2) is 0 Å². The lowest BCUT2D eigenvalue weighted by Crippen LogP contribution is -2.41. The minimum absolute atomic E-state index is 0.0492. The highest BCUT2D eigenvalue weighted by Crippen LogP contribution is 2.15. The molecule has 6 N–H and O–H groups in total. The van der Waals surface area contributed by atoms with Crippen LogP contribution in [-0.2, 0) is 22.6 Å². The Labute approximate surface area is 192 Å². The molecule has 0 unspecified atom stereocenters. The zero-order chi connectivity index (χ0) is 24.8. The van der Waals surface area contributed by atoms with Crippen molar-refractivity contribution in [3.8, 4) is 0 Å². The third-order valence-electron chi connectivity index (χ3n) is 5.28. The maximum absolute atomic E-state index is 14.5. The number of carbonyl (C=O) groups is 3. The van der Waals surface area contributed by atoms with E-state index in [1.54, 1.807) is 22.9 Å². The number of rotatable bonds is 11. The second-order valence-corrected chi connectivity index (χ2v) is 7.76. The summed E-state index contributed by atoms with van der Waals surface area (Å²) < 4.78 is 16.3. The molecule has 11 nitrogen and oxygen atoms in total. The molecule has 2 aromatic heterocycles. The SMILES string of the molecule is Nc1nc2ccn(CCCCc3ccc(C(=O)N[C@@H](CCC(=O)O)C(=O)O)c(F)c3)c2c(=O)[nH]1. The quantitative estimate of drug-likeness (QED) is 0.260. The Morgan fingerprint density at radius 1 is 1.21 bits per heavy atom. The number of amides is 1. The second kappa shape index (κ2) is 10.6. The number of carboxylic acids is 2. The van der Waals surface area contributed by atoms with Gasteiger partial charge in [0.1, 0.15) is 17.4 Å². The Morgan fingerprint density at radius 3 is 2.65 bits per heavy atom. The number of aromatic nitrogens is 3. The molecule has 12 heteroatoms. The number of fused-ring (bicyclic) bond motifs is 1. The van der Waals surface area contributed by atoms with E-state index in [9.17, 15) is 23.6 Å². The lowest BCUT2D eigenvalue weighted by Gasteiger charge is -2.14. The fourth-order valence-corrected chi connectivity index (χ4v) is 3.59. The number of halogens is 1. The number of unbranched alkanes of at least 4 members (excludes halogenated alkanes) is 1. The van der Waals surface area contributed by atoms with Crippen molar-refractivity contribution in [1.29, 1.82) is 0 Å². The molecule has 0 bridgehead atoms. The summed E-state index contributed by atoms with van der Waals surface area (Å²) in [6, 6.07) is 4.33. The van der Waals surface area contributed by atoms with Crippen molar-refractivity contribution < 1.29 is 29.0 Å². The summed E-state index contributed by atoms with van der Waals surface area (Å²) in [6.45, 7) is 0.550. The highest BCUT2D eigenvalue weighted by atomic mass is 19.1. The Bertz CT molecular complexity index is 1280. The summed E-state index contributed by atoms with van der Waals surface area (Å²) >= 11 is 0. The van der Waals surface area contributed by atoms with Crippen LogP contribution in [0.25, 0.3) is 11.0 Å². The van der Waals surface area contributed by atoms with Gasteiger partial charge in [0.25, 0.3) is 11.5 Å². The van der Waals surface area contributed by atoms with Crippen LogP contribution in [0.2, 0.25) is 0 Å². The normalized spacial score (nSPS) is 11.9. The molecule has 1 amide bonds. The monoisotopic (exact) mass is 473 g/mol. The largest absolute Gasteiger partial charge is 0.481 e. The molecule has 0 aliphatic carbocycles. The highest BCUT2D eigenvalue weighted by Gasteiger charge is 2.23. The van der Waals surface area contributed by atoms with Gasteiger partial charge in [0.2, 0.25) is 5.95 Å². The first-order valence-electron chi connectivity index (χ1n) is 10.5. The van der Waals surface area contributed by atoms with Crippen molar-refractivity contribution in [1.82, 2.24) is 19.9 Å². The topological polar surface area (TPSA) is 180 Å². The molecular weight excluding hydrogens is 449 g/mol. The molecular formula is C22H24FN5O6. The van der Waals surface area contributed by atoms with Gasteiger partial charge in [-0.15, -0.1) is 0 Å². The van der Waals surface area contributed by atoms with E-state index in [1.165, 1.54) is 12.1 Å². The number of H-pyrrole nitrogens is 1. The molecule has 180 valence electrons. The van der Waals surface area contributed by atoms with Gasteiger partial charge < -0.3 is 25.8 Å². The molecule has 2 heterocycles. The zero-order valence-corrected chi connectivity index (χ0v) is 18.1. The minimum atomic E-state index is -1.44. The average molecular weight is 473 g/mol. The molecule has 34 heavy (non-hydrogen) atoms. The first-order chi connectivity index (χ1) is 16.2. The summed E-state index contributed by atoms with van der Waals surface area (Å²) in [5, 5.41) is 20.0. The molecule has 0 saturated carbocycles. The van der Waals surface area contributed by atoms with Gasteiger partial charge in [0, 0.05) is 19.2 Å². The first-order valence-corrected chi connectivity index (χ1v) is 10.5. The summed E-state index contributed by atoms with van der Waals surface area (Å²) in [6.07, 6.45) is 2.89. The molecule has 0 saturated heterocycles. The third kappa shape index (κ3) is 5.97. The van der Waals surface area contributed by atoms with Gasteiger partial charge >= 0.3 is 11.9 Å². The van der Waals surface area contributed by atoms with E-state index in [-0.39, 0.29) is 23.5 Å². The van der Waals surface area contributed by atoms with E-state index in [0.717, 1.165) is 0 Å². The van der Waals surface area contributed by atoms with Crippen LogP contribution in [0, 0.1) is 5.82 Å². The standard InChI is InChI=1S/C22H24FN5O6/c23-14-11-12(4-5-13(14)19(31)25-16(21(33)34)6-7-17(29)30)3-1-2-9-28-10-8-15-18(28)20(32)27-22(24)26-15/h4-5,8,10-11,16H,1-3,6-7,9H2,(H,25,31)(H,29,30)(H,33,34)(H3,24,26,27,32)/t16-/m0/s1. The van der Waals surface area contributed by atoms with Crippen molar-refractivity contribution >= 4 is 34.8 Å². The number of aromatic amines is 1. The number of aryl methyl sites for hydroxylation is 2. The van der Waals surface area contributed by atoms with Crippen molar-refractivity contribution in [2.45, 2.75) is 44.7 Å². The van der Waals surface area contributed by atoms with Gasteiger partial charge in [0.05, 0.1) is 11.1 Å². The average Bonchev–Trinajstić information content (AvgIpc) is 3.16. The molecule has 3 rings (SSSR count). The molecule has 0 radical (unpaired) electrons. The molecule has 0 aliphatic rings. The van der Waals surface area contributed by atoms with Crippen molar-refractivity contribution in [3.63, 3.8) is 0 Å². The predicted molar refractivity (Wildman–Crippen MR) is 120 cm³/mol. The van der Waals surface area contributed by atoms with Crippen LogP contribution in [0.3, 0.4) is 0 Å². The number of benzene rings is 1. The van der Waals surface area contributed by atoms with Crippen molar-refractivity contribution in [2.24, 2.45) is 0 Å². The van der Waals surface area contributed by atoms with E-state index in [4.69, 9.17) is 15.9 Å². The second-order valence-electron chi connectivity index (χ2n) is 7.76. The number of nitrogen functional groups attached to an aromatic ring is 1. The van der Waals surface area contributed by atoms with E-state index < -0.39 is 36.1 Å². The molecule has 0 spiro atoms. The summed E-state index contributed by atoms with van der Waals surface area (Å²) in [5.74, 6) is -4.28. The third-order valence-corrected chi connectivity index (χ3v) is 5.28. The number of nitrogens with zero attached hydrogens (tertiary/aromatic N) is 2. The van der Waals surface area contributed by atoms with E-state index in [0.29, 0.717) is 42.4 Å². The summed E-state index contributed by atoms with van der Waals surface area (Å²) in [4.78, 5) is 52.8. The van der Waals surface area contributed by atoms with Crippen LogP contribution in [0.4, 0.5) is 10.3 Å². The number of hydrogen-bond donors (Lipinski definition) is 5. The number of aliphatic carboxylic acids is 2. The Kier molecular flexibility index (Phi) is 7.61. The van der Waals surface area contributed by atoms with Gasteiger partial charge in [-0.2, -0.15) is 0 Å². The summed E-state index contributed by atoms with van der Waals surface area (Å²) in [7, 11) is 0. The van der Waals surface area contributed by atoms with Crippen LogP contribution < -0.4 is 16.6 Å². The minimum Gasteiger partial charge on any atom is -0.481 e. The van der Waals surface area contributed by atoms with Gasteiger partial charge in [-0.25, -0.2) is 14.2 Å². The van der Waals surface area contributed by atoms with Crippen LogP contribution in [0.15, 0.2) is 35.3 Å². The number of hydrogen-bond acceptors (Lipinski definition) is 6. The summed E-state index contributed by atoms with van der Waals surface area (Å²) in [5.41, 5.74) is 6.48. The fourth-order valence-electron chi connectivity index (χ4n) is 3.59. The van der Waals surface area contributed by atoms with E-state index in [2.05, 4.69) is 15.3 Å². The number of anilines is 1. The smallest absolute Gasteiger partial charge is 0.326 e. The number of nitrogens with one attached hydrogen (secondary N) is 2. The first kappa shape index (κ1) is 24.4. The molecule has 0 aliphatic heterocycles. The van der Waals surface area contributed by atoms with Crippen molar-refractivity contribution in [3.05, 3.63) is 57.8 Å². The van der Waals surface area contributed by atoms with Gasteiger partial charge in [-0.1, -0.05) is 6.07 Å². The highest BCUT2D eigenvalue weighted by molar-refractivity contribution is 5.97. The predicted octanol–water partition coefficient (Wildman–Crippen LogP) is 1.52. The van der Waals surface area contributed by atoms with E-state index in [1.807, 2.05) is 0 Å². The lowest BCUT2D eigenvalue weighted by molar-refractivity contribution is -0.140. The van der Waals surface area contributed by atoms with Crippen LogP contribution in [0.1, 0.15) is 41.6 Å². The van der Waals surface area contributed by atoms with Crippen molar-refractivity contribution in [2.75, 3.05) is 5.73 Å². The molecule has 0 fully saturated rings. The molecule has 1 atom stereocenters. The maximum atomic E-state index is 14.5. The Balaban J connectivity index is 1.56. The van der Waals surface area contributed by atoms with E-state index >= 15 is 0 Å². The maximum Gasteiger partial charge on any atom is 0.326 e. The Morgan fingerprint density at radius 2 is 1.97 bits per heavy atom. The van der Waals surface area contributed by atoms with Crippen LogP contribution in [-0.4, -0.2) is 48.6 Å². The number of nitrogens with two attached hydrogens (primary N) is 1. The molecule has 3 aromatic rings. The van der Waals surface area contributed by atoms with Gasteiger partial charge in [-0.3, -0.25) is 19.4 Å². The lowest BCUT2D eigenvalue weighted by atomic mass is 10.0. The molecule has 1 aromatic carbocycles. The van der Waals surface area contributed by atoms with Crippen LogP contribution in [0.5, 0.6) is 0 Å². The fraction of sp³-hybridized carbons (Fsp3) is 0.318. The zero-order valence-electron chi connectivity index (χ0n) is 18.1. The Hall–Kier alpha value is -4.22. The van der Waals surface area contributed by atoms with Crippen LogP contribution >= 0.6 is 0 Å². The van der Waals surface area contributed by atoms with Gasteiger partial charge in [-0.05, 0) is 49.4 Å². The number of carbonyl (C=O) groups excluding carboxylic acids is 1.